The Labute approximate surface area is 165 Å². The first-order valence-corrected chi connectivity index (χ1v) is 8.94. The Bertz CT molecular complexity index is 1180. The van der Waals surface area contributed by atoms with Gasteiger partial charge in [0.25, 0.3) is 5.91 Å². The molecule has 0 saturated heterocycles. The van der Waals surface area contributed by atoms with E-state index in [1.54, 1.807) is 30.3 Å². The van der Waals surface area contributed by atoms with Crippen molar-refractivity contribution >= 4 is 40.0 Å². The molecule has 0 unspecified atom stereocenters. The molecule has 0 aliphatic heterocycles. The van der Waals surface area contributed by atoms with Crippen LogP contribution in [0.25, 0.3) is 22.1 Å². The highest BCUT2D eigenvalue weighted by molar-refractivity contribution is 6.33. The van der Waals surface area contributed by atoms with Crippen molar-refractivity contribution in [2.75, 3.05) is 5.32 Å². The fourth-order valence-corrected chi connectivity index (χ4v) is 3.15. The fourth-order valence-electron chi connectivity index (χ4n) is 2.92. The van der Waals surface area contributed by atoms with Crippen LogP contribution in [-0.2, 0) is 0 Å². The molecule has 0 aliphatic carbocycles. The van der Waals surface area contributed by atoms with E-state index in [0.717, 1.165) is 10.8 Å². The van der Waals surface area contributed by atoms with Gasteiger partial charge in [-0.3, -0.25) is 10.1 Å². The van der Waals surface area contributed by atoms with Crippen molar-refractivity contribution in [3.63, 3.8) is 0 Å². The van der Waals surface area contributed by atoms with E-state index in [9.17, 15) is 9.59 Å². The average Bonchev–Trinajstić information content (AvgIpc) is 3.19. The summed E-state index contributed by atoms with van der Waals surface area (Å²) in [5.74, 6) is -0.177. The maximum Gasteiger partial charge on any atom is 0.326 e. The Hall–Kier alpha value is -3.57. The average molecular weight is 391 g/mol. The number of furan rings is 1. The molecule has 0 atom stereocenters. The minimum absolute atomic E-state index is 0.0167. The van der Waals surface area contributed by atoms with Crippen molar-refractivity contribution in [1.82, 2.24) is 5.32 Å². The topological polar surface area (TPSA) is 71.3 Å². The SMILES string of the molecule is O=C(NC(=O)c1ccc(-c2ccccc2Cl)o1)Nc1cccc2ccccc12. The maximum atomic E-state index is 12.3. The van der Waals surface area contributed by atoms with Gasteiger partial charge in [0, 0.05) is 10.9 Å². The number of carbonyl (C=O) groups excluding carboxylic acids is 2. The lowest BCUT2D eigenvalue weighted by atomic mass is 10.1. The van der Waals surface area contributed by atoms with Crippen LogP contribution in [0.4, 0.5) is 10.5 Å². The van der Waals surface area contributed by atoms with Crippen molar-refractivity contribution < 1.29 is 14.0 Å². The van der Waals surface area contributed by atoms with Crippen molar-refractivity contribution in [1.29, 1.82) is 0 Å². The highest BCUT2D eigenvalue weighted by Gasteiger charge is 2.16. The van der Waals surface area contributed by atoms with E-state index >= 15 is 0 Å². The molecule has 0 bridgehead atoms. The van der Waals surface area contributed by atoms with Crippen LogP contribution in [0.2, 0.25) is 5.02 Å². The van der Waals surface area contributed by atoms with E-state index in [-0.39, 0.29) is 5.76 Å². The van der Waals surface area contributed by atoms with Crippen molar-refractivity contribution in [3.8, 4) is 11.3 Å². The largest absolute Gasteiger partial charge is 0.451 e. The number of hydrogen-bond acceptors (Lipinski definition) is 3. The molecule has 0 radical (unpaired) electrons. The molecule has 4 rings (SSSR count). The first kappa shape index (κ1) is 17.8. The zero-order valence-electron chi connectivity index (χ0n) is 14.6. The van der Waals surface area contributed by atoms with Gasteiger partial charge < -0.3 is 9.73 Å². The third kappa shape index (κ3) is 3.61. The van der Waals surface area contributed by atoms with E-state index in [0.29, 0.717) is 22.0 Å². The molecule has 0 aliphatic rings. The number of benzene rings is 3. The lowest BCUT2D eigenvalue weighted by Gasteiger charge is -2.09. The van der Waals surface area contributed by atoms with Gasteiger partial charge in [-0.2, -0.15) is 0 Å². The summed E-state index contributed by atoms with van der Waals surface area (Å²) in [5.41, 5.74) is 1.28. The summed E-state index contributed by atoms with van der Waals surface area (Å²) in [4.78, 5) is 24.6. The van der Waals surface area contributed by atoms with Crippen LogP contribution in [-0.4, -0.2) is 11.9 Å². The number of amides is 3. The molecular formula is C22H15ClN2O3. The minimum Gasteiger partial charge on any atom is -0.451 e. The van der Waals surface area contributed by atoms with Crippen molar-refractivity contribution in [3.05, 3.63) is 89.6 Å². The summed E-state index contributed by atoms with van der Waals surface area (Å²) in [6.07, 6.45) is 0. The molecule has 1 aromatic heterocycles. The number of rotatable bonds is 3. The summed E-state index contributed by atoms with van der Waals surface area (Å²) >= 11 is 6.15. The summed E-state index contributed by atoms with van der Waals surface area (Å²) in [6.45, 7) is 0. The Morgan fingerprint density at radius 3 is 2.43 bits per heavy atom. The first-order valence-electron chi connectivity index (χ1n) is 8.56. The lowest BCUT2D eigenvalue weighted by molar-refractivity contribution is 0.0940. The fraction of sp³-hybridized carbons (Fsp3) is 0. The highest BCUT2D eigenvalue weighted by atomic mass is 35.5. The van der Waals surface area contributed by atoms with Gasteiger partial charge in [0.15, 0.2) is 5.76 Å². The van der Waals surface area contributed by atoms with Gasteiger partial charge in [-0.1, -0.05) is 60.1 Å². The van der Waals surface area contributed by atoms with Gasteiger partial charge in [-0.05, 0) is 35.7 Å². The number of hydrogen-bond donors (Lipinski definition) is 2. The van der Waals surface area contributed by atoms with E-state index in [1.807, 2.05) is 42.5 Å². The summed E-state index contributed by atoms with van der Waals surface area (Å²) in [6, 6.07) is 22.8. The third-order valence-corrected chi connectivity index (χ3v) is 4.56. The molecule has 28 heavy (non-hydrogen) atoms. The molecule has 3 aromatic carbocycles. The molecular weight excluding hydrogens is 376 g/mol. The number of fused-ring (bicyclic) bond motifs is 1. The molecule has 0 fully saturated rings. The Balaban J connectivity index is 1.48. The molecule has 3 amide bonds. The molecule has 2 N–H and O–H groups in total. The number of nitrogens with one attached hydrogen (secondary N) is 2. The van der Waals surface area contributed by atoms with E-state index in [4.69, 9.17) is 16.0 Å². The standard InChI is InChI=1S/C22H15ClN2O3/c23-17-10-4-3-9-16(17)19-12-13-20(28-19)21(26)25-22(27)24-18-11-5-7-14-6-1-2-8-15(14)18/h1-13H,(H2,24,25,26,27). The van der Waals surface area contributed by atoms with Gasteiger partial charge >= 0.3 is 6.03 Å². The molecule has 138 valence electrons. The van der Waals surface area contributed by atoms with Crippen molar-refractivity contribution in [2.24, 2.45) is 0 Å². The maximum absolute atomic E-state index is 12.3. The van der Waals surface area contributed by atoms with Gasteiger partial charge in [0.05, 0.1) is 10.7 Å². The Kier molecular flexibility index (Phi) is 4.83. The van der Waals surface area contributed by atoms with Gasteiger partial charge in [0.1, 0.15) is 5.76 Å². The quantitative estimate of drug-likeness (QED) is 0.470. The second-order valence-electron chi connectivity index (χ2n) is 6.08. The van der Waals surface area contributed by atoms with Crippen LogP contribution >= 0.6 is 11.6 Å². The molecule has 0 spiro atoms. The van der Waals surface area contributed by atoms with Crippen LogP contribution in [0, 0.1) is 0 Å². The summed E-state index contributed by atoms with van der Waals surface area (Å²) in [7, 11) is 0. The summed E-state index contributed by atoms with van der Waals surface area (Å²) < 4.78 is 5.56. The predicted molar refractivity (Wildman–Crippen MR) is 110 cm³/mol. The lowest BCUT2D eigenvalue weighted by Crippen LogP contribution is -2.34. The number of anilines is 1. The van der Waals surface area contributed by atoms with E-state index in [2.05, 4.69) is 10.6 Å². The Morgan fingerprint density at radius 1 is 0.821 bits per heavy atom. The summed E-state index contributed by atoms with van der Waals surface area (Å²) in [5, 5.41) is 7.35. The second-order valence-corrected chi connectivity index (χ2v) is 6.49. The van der Waals surface area contributed by atoms with Gasteiger partial charge in [-0.25, -0.2) is 4.79 Å². The second kappa shape index (κ2) is 7.58. The molecule has 5 nitrogen and oxygen atoms in total. The van der Waals surface area contributed by atoms with Gasteiger partial charge in [0.2, 0.25) is 0 Å². The number of halogens is 1. The predicted octanol–water partition coefficient (Wildman–Crippen LogP) is 5.72. The van der Waals surface area contributed by atoms with Crippen molar-refractivity contribution in [2.45, 2.75) is 0 Å². The molecule has 4 aromatic rings. The third-order valence-electron chi connectivity index (χ3n) is 4.23. The molecule has 6 heteroatoms. The minimum atomic E-state index is -0.643. The monoisotopic (exact) mass is 390 g/mol. The van der Waals surface area contributed by atoms with Crippen LogP contribution in [0.3, 0.4) is 0 Å². The van der Waals surface area contributed by atoms with E-state index < -0.39 is 11.9 Å². The molecule has 1 heterocycles. The van der Waals surface area contributed by atoms with Crippen LogP contribution in [0.1, 0.15) is 10.6 Å². The normalized spacial score (nSPS) is 10.6. The number of imide groups is 1. The molecule has 0 saturated carbocycles. The smallest absolute Gasteiger partial charge is 0.326 e. The number of carbonyl (C=O) groups is 2. The first-order chi connectivity index (χ1) is 13.6. The number of urea groups is 1. The van der Waals surface area contributed by atoms with Crippen LogP contribution < -0.4 is 10.6 Å². The van der Waals surface area contributed by atoms with Crippen LogP contribution in [0.5, 0.6) is 0 Å². The Morgan fingerprint density at radius 2 is 1.57 bits per heavy atom. The zero-order valence-corrected chi connectivity index (χ0v) is 15.4. The van der Waals surface area contributed by atoms with Crippen LogP contribution in [0.15, 0.2) is 83.3 Å². The van der Waals surface area contributed by atoms with E-state index in [1.165, 1.54) is 6.07 Å². The highest BCUT2D eigenvalue weighted by Crippen LogP contribution is 2.29. The zero-order chi connectivity index (χ0) is 19.5. The van der Waals surface area contributed by atoms with Gasteiger partial charge in [-0.15, -0.1) is 0 Å².